The van der Waals surface area contributed by atoms with Crippen molar-refractivity contribution in [3.8, 4) is 5.69 Å². The minimum absolute atomic E-state index is 0.182. The van der Waals surface area contributed by atoms with Crippen molar-refractivity contribution in [3.63, 3.8) is 0 Å². The van der Waals surface area contributed by atoms with Crippen LogP contribution in [0.4, 0.5) is 4.39 Å². The molecule has 8 heteroatoms. The number of fused-ring (bicyclic) bond motifs is 1. The van der Waals surface area contributed by atoms with Gasteiger partial charge in [-0.15, -0.1) is 11.8 Å². The van der Waals surface area contributed by atoms with Gasteiger partial charge in [-0.1, -0.05) is 25.6 Å². The summed E-state index contributed by atoms with van der Waals surface area (Å²) in [6, 6.07) is 5.68. The zero-order valence-corrected chi connectivity index (χ0v) is 16.3. The van der Waals surface area contributed by atoms with Crippen LogP contribution in [0, 0.1) is 5.82 Å². The van der Waals surface area contributed by atoms with Crippen LogP contribution in [0.1, 0.15) is 26.0 Å². The highest BCUT2D eigenvalue weighted by atomic mass is 32.2. The molecule has 0 aliphatic carbocycles. The molecule has 2 atom stereocenters. The number of benzene rings is 1. The first-order valence-corrected chi connectivity index (χ1v) is 10.0. The van der Waals surface area contributed by atoms with Gasteiger partial charge in [-0.3, -0.25) is 14.2 Å². The summed E-state index contributed by atoms with van der Waals surface area (Å²) in [7, 11) is 1.34. The fraction of sp³-hybridized carbons (Fsp3) is 0.389. The molecule has 5 nitrogen and oxygen atoms in total. The van der Waals surface area contributed by atoms with Crippen molar-refractivity contribution in [2.45, 2.75) is 47.2 Å². The number of esters is 1. The molecule has 0 fully saturated rings. The molecule has 0 saturated heterocycles. The number of halogens is 1. The fourth-order valence-corrected chi connectivity index (χ4v) is 4.92. The maximum Gasteiger partial charge on any atom is 0.319 e. The van der Waals surface area contributed by atoms with Crippen molar-refractivity contribution in [2.75, 3.05) is 7.11 Å². The number of ether oxygens (including phenoxy) is 1. The van der Waals surface area contributed by atoms with Crippen molar-refractivity contribution in [1.82, 2.24) is 9.55 Å². The summed E-state index contributed by atoms with van der Waals surface area (Å²) in [4.78, 5) is 30.4. The average molecular weight is 394 g/mol. The van der Waals surface area contributed by atoms with E-state index in [2.05, 4.69) is 4.98 Å². The molecule has 1 aromatic heterocycles. The second-order valence-corrected chi connectivity index (χ2v) is 8.58. The average Bonchev–Trinajstić information content (AvgIpc) is 3.01. The lowest BCUT2D eigenvalue weighted by molar-refractivity contribution is -0.140. The predicted molar refractivity (Wildman–Crippen MR) is 101 cm³/mol. The van der Waals surface area contributed by atoms with Gasteiger partial charge in [-0.2, -0.15) is 0 Å². The number of carbonyl (C=O) groups excluding carboxylic acids is 1. The van der Waals surface area contributed by atoms with E-state index >= 15 is 0 Å². The van der Waals surface area contributed by atoms with Gasteiger partial charge in [0, 0.05) is 11.7 Å². The van der Waals surface area contributed by atoms with Gasteiger partial charge < -0.3 is 4.74 Å². The number of methoxy groups -OCH3 is 1. The zero-order valence-electron chi connectivity index (χ0n) is 14.7. The van der Waals surface area contributed by atoms with Crippen LogP contribution < -0.4 is 5.56 Å². The molecule has 3 rings (SSSR count). The molecule has 1 aromatic carbocycles. The SMILES string of the molecule is CC[C@H](Sc1nc2c(c(=O)n1-c1ccc(F)cc1)S[C@@H](C)C2)C(=O)OC. The Labute approximate surface area is 159 Å². The number of thioether (sulfide) groups is 2. The second-order valence-electron chi connectivity index (χ2n) is 5.96. The maximum absolute atomic E-state index is 13.3. The van der Waals surface area contributed by atoms with Crippen LogP contribution in [0.3, 0.4) is 0 Å². The normalized spacial score (nSPS) is 17.0. The summed E-state index contributed by atoms with van der Waals surface area (Å²) in [5, 5.41) is 0.227. The van der Waals surface area contributed by atoms with Gasteiger partial charge in [-0.05, 0) is 30.7 Å². The van der Waals surface area contributed by atoms with Gasteiger partial charge in [0.05, 0.1) is 23.4 Å². The fourth-order valence-electron chi connectivity index (χ4n) is 2.75. The van der Waals surface area contributed by atoms with Crippen molar-refractivity contribution < 1.29 is 13.9 Å². The van der Waals surface area contributed by atoms with E-state index in [-0.39, 0.29) is 22.6 Å². The molecule has 0 spiro atoms. The van der Waals surface area contributed by atoms with E-state index in [1.54, 1.807) is 0 Å². The van der Waals surface area contributed by atoms with Crippen LogP contribution in [0.2, 0.25) is 0 Å². The topological polar surface area (TPSA) is 61.2 Å². The van der Waals surface area contributed by atoms with Crippen molar-refractivity contribution in [1.29, 1.82) is 0 Å². The third-order valence-electron chi connectivity index (χ3n) is 4.05. The molecule has 0 amide bonds. The molecule has 26 heavy (non-hydrogen) atoms. The Bertz CT molecular complexity index is 883. The predicted octanol–water partition coefficient (Wildman–Crippen LogP) is 3.45. The van der Waals surface area contributed by atoms with E-state index in [1.807, 2.05) is 13.8 Å². The number of aromatic nitrogens is 2. The van der Waals surface area contributed by atoms with E-state index in [4.69, 9.17) is 4.74 Å². The molecular formula is C18H19FN2O3S2. The molecule has 138 valence electrons. The Morgan fingerprint density at radius 3 is 2.77 bits per heavy atom. The monoisotopic (exact) mass is 394 g/mol. The van der Waals surface area contributed by atoms with Gasteiger partial charge in [0.15, 0.2) is 5.16 Å². The smallest absolute Gasteiger partial charge is 0.319 e. The largest absolute Gasteiger partial charge is 0.468 e. The van der Waals surface area contributed by atoms with Gasteiger partial charge in [0.2, 0.25) is 0 Å². The van der Waals surface area contributed by atoms with E-state index in [0.29, 0.717) is 28.6 Å². The Morgan fingerprint density at radius 1 is 1.46 bits per heavy atom. The van der Waals surface area contributed by atoms with Crippen LogP contribution in [-0.4, -0.2) is 33.1 Å². The molecular weight excluding hydrogens is 375 g/mol. The quantitative estimate of drug-likeness (QED) is 0.440. The van der Waals surface area contributed by atoms with E-state index in [0.717, 1.165) is 5.69 Å². The highest BCUT2D eigenvalue weighted by Crippen LogP contribution is 2.36. The lowest BCUT2D eigenvalue weighted by Crippen LogP contribution is -2.26. The van der Waals surface area contributed by atoms with Gasteiger partial charge in [0.25, 0.3) is 5.56 Å². The molecule has 2 heterocycles. The number of hydrogen-bond donors (Lipinski definition) is 0. The first-order valence-electron chi connectivity index (χ1n) is 8.27. The highest BCUT2D eigenvalue weighted by Gasteiger charge is 2.29. The van der Waals surface area contributed by atoms with Gasteiger partial charge >= 0.3 is 5.97 Å². The van der Waals surface area contributed by atoms with Gasteiger partial charge in [-0.25, -0.2) is 9.37 Å². The molecule has 0 N–H and O–H groups in total. The summed E-state index contributed by atoms with van der Waals surface area (Å²) in [5.41, 5.74) is 1.10. The Hall–Kier alpha value is -1.80. The van der Waals surface area contributed by atoms with Crippen LogP contribution in [0.15, 0.2) is 39.1 Å². The van der Waals surface area contributed by atoms with Crippen LogP contribution in [-0.2, 0) is 16.0 Å². The molecule has 2 aromatic rings. The van der Waals surface area contributed by atoms with Crippen molar-refractivity contribution in [3.05, 3.63) is 46.1 Å². The number of rotatable bonds is 5. The first kappa shape index (κ1) is 19.0. The summed E-state index contributed by atoms with van der Waals surface area (Å²) in [6.07, 6.45) is 1.25. The standard InChI is InChI=1S/C18H19FN2O3S2/c1-4-14(17(23)24-3)26-18-20-13-9-10(2)25-15(13)16(22)21(18)12-7-5-11(19)6-8-12/h5-8,10,14H,4,9H2,1-3H3/t10-,14-/m0/s1. The minimum Gasteiger partial charge on any atom is -0.468 e. The van der Waals surface area contributed by atoms with Crippen molar-refractivity contribution >= 4 is 29.5 Å². The summed E-state index contributed by atoms with van der Waals surface area (Å²) >= 11 is 2.71. The Morgan fingerprint density at radius 2 is 2.15 bits per heavy atom. The zero-order chi connectivity index (χ0) is 18.8. The molecule has 0 unspecified atom stereocenters. The van der Waals surface area contributed by atoms with E-state index in [9.17, 15) is 14.0 Å². The molecule has 0 bridgehead atoms. The minimum atomic E-state index is -0.469. The van der Waals surface area contributed by atoms with Crippen molar-refractivity contribution in [2.24, 2.45) is 0 Å². The number of hydrogen-bond acceptors (Lipinski definition) is 6. The molecule has 1 aliphatic rings. The van der Waals surface area contributed by atoms with Crippen LogP contribution >= 0.6 is 23.5 Å². The molecule has 0 radical (unpaired) electrons. The van der Waals surface area contributed by atoms with Crippen LogP contribution in [0.25, 0.3) is 5.69 Å². The Kier molecular flexibility index (Phi) is 5.72. The lowest BCUT2D eigenvalue weighted by Gasteiger charge is -2.17. The van der Waals surface area contributed by atoms with Gasteiger partial charge in [0.1, 0.15) is 11.1 Å². The second kappa shape index (κ2) is 7.84. The molecule has 1 aliphatic heterocycles. The Balaban J connectivity index is 2.14. The lowest BCUT2D eigenvalue weighted by atomic mass is 10.2. The first-order chi connectivity index (χ1) is 12.4. The number of nitrogens with zero attached hydrogens (tertiary/aromatic N) is 2. The van der Waals surface area contributed by atoms with Crippen LogP contribution in [0.5, 0.6) is 0 Å². The number of carbonyl (C=O) groups is 1. The molecule has 0 saturated carbocycles. The third kappa shape index (κ3) is 3.66. The highest BCUT2D eigenvalue weighted by molar-refractivity contribution is 8.00. The van der Waals surface area contributed by atoms with E-state index < -0.39 is 5.25 Å². The summed E-state index contributed by atoms with van der Waals surface area (Å²) in [6.45, 7) is 3.92. The summed E-state index contributed by atoms with van der Waals surface area (Å²) in [5.74, 6) is -0.741. The summed E-state index contributed by atoms with van der Waals surface area (Å²) < 4.78 is 19.6. The third-order valence-corrected chi connectivity index (χ3v) is 6.56. The van der Waals surface area contributed by atoms with E-state index in [1.165, 1.54) is 59.5 Å². The maximum atomic E-state index is 13.3.